The zero-order valence-corrected chi connectivity index (χ0v) is 13.1. The van der Waals surface area contributed by atoms with E-state index in [0.29, 0.717) is 0 Å². The molecular formula is C8H8O6S2Sn. The summed E-state index contributed by atoms with van der Waals surface area (Å²) >= 11 is 8.13. The Hall–Kier alpha value is -0.481. The molecule has 0 aromatic heterocycles. The number of hydrogen-bond acceptors (Lipinski definition) is 8. The standard InChI is InChI=1S/2C4H6O3S.Sn/c2*5-3(6)1-2-4(7)8;/h2*1-2H2,(H,5,6)(H,7,8);/q;;+4/p-4. The second-order valence-corrected chi connectivity index (χ2v) is 3.40. The summed E-state index contributed by atoms with van der Waals surface area (Å²) in [6.07, 6.45) is -0.722. The molecule has 0 unspecified atom stereocenters. The van der Waals surface area contributed by atoms with Gasteiger partial charge in [0.1, 0.15) is 0 Å². The molecule has 0 spiro atoms. The molecule has 0 radical (unpaired) electrons. The third kappa shape index (κ3) is 31.3. The van der Waals surface area contributed by atoms with E-state index in [4.69, 9.17) is 0 Å². The van der Waals surface area contributed by atoms with Crippen LogP contribution in [-0.4, -0.2) is 46.1 Å². The van der Waals surface area contributed by atoms with Crippen molar-refractivity contribution in [2.45, 2.75) is 25.7 Å². The first-order chi connectivity index (χ1) is 7.25. The van der Waals surface area contributed by atoms with Gasteiger partial charge in [-0.3, -0.25) is 0 Å². The van der Waals surface area contributed by atoms with Gasteiger partial charge in [0, 0.05) is 22.2 Å². The van der Waals surface area contributed by atoms with Gasteiger partial charge >= 0.3 is 23.9 Å². The molecule has 0 aromatic rings. The van der Waals surface area contributed by atoms with Crippen LogP contribution in [0, 0.1) is 0 Å². The second kappa shape index (κ2) is 13.6. The van der Waals surface area contributed by atoms with Crippen LogP contribution in [0.2, 0.25) is 0 Å². The Morgan fingerprint density at radius 1 is 0.706 bits per heavy atom. The quantitative estimate of drug-likeness (QED) is 0.348. The summed E-state index contributed by atoms with van der Waals surface area (Å²) in [6.45, 7) is 0. The maximum Gasteiger partial charge on any atom is 4.00 e. The molecule has 0 aliphatic rings. The summed E-state index contributed by atoms with van der Waals surface area (Å²) in [5.74, 6) is -2.47. The maximum atomic E-state index is 9.87. The Labute approximate surface area is 126 Å². The summed E-state index contributed by atoms with van der Waals surface area (Å²) in [5.41, 5.74) is 0. The smallest absolute Gasteiger partial charge is 0.742 e. The van der Waals surface area contributed by atoms with E-state index in [0.717, 1.165) is 0 Å². The molecule has 6 nitrogen and oxygen atoms in total. The van der Waals surface area contributed by atoms with Crippen LogP contribution in [0.4, 0.5) is 0 Å². The Morgan fingerprint density at radius 2 is 0.941 bits per heavy atom. The first-order valence-electron chi connectivity index (χ1n) is 4.05. The number of rotatable bonds is 6. The van der Waals surface area contributed by atoms with Crippen molar-refractivity contribution in [3.05, 3.63) is 0 Å². The molecule has 0 saturated heterocycles. The number of hydrogen-bond donors (Lipinski definition) is 0. The van der Waals surface area contributed by atoms with Crippen molar-refractivity contribution in [1.82, 2.24) is 0 Å². The van der Waals surface area contributed by atoms with E-state index in [1.54, 1.807) is 0 Å². The van der Waals surface area contributed by atoms with Gasteiger partial charge in [-0.05, 0) is 25.7 Å². The molecule has 0 heterocycles. The van der Waals surface area contributed by atoms with Gasteiger partial charge in [0.15, 0.2) is 0 Å². The fourth-order valence-corrected chi connectivity index (χ4v) is 0.612. The maximum absolute atomic E-state index is 9.87. The molecule has 9 heteroatoms. The van der Waals surface area contributed by atoms with Crippen molar-refractivity contribution in [2.75, 3.05) is 0 Å². The van der Waals surface area contributed by atoms with E-state index in [1.807, 2.05) is 0 Å². The molecule has 0 aliphatic carbocycles. The fourth-order valence-electron chi connectivity index (χ4n) is 0.408. The van der Waals surface area contributed by atoms with Crippen molar-refractivity contribution in [3.63, 3.8) is 0 Å². The molecule has 0 fully saturated rings. The monoisotopic (exact) mass is 384 g/mol. The van der Waals surface area contributed by atoms with Crippen molar-refractivity contribution in [1.29, 1.82) is 0 Å². The Bertz CT molecular complexity index is 225. The number of carbonyl (C=O) groups excluding carboxylic acids is 4. The SMILES string of the molecule is O=C([O-])CCC(=O)[S-].O=C([O-])CCC(=O)[S-].[Sn+4]. The van der Waals surface area contributed by atoms with Gasteiger partial charge in [-0.25, -0.2) is 0 Å². The molecule has 0 aliphatic heterocycles. The number of carboxylic acids is 2. The average Bonchev–Trinajstić information content (AvgIpc) is 2.12. The van der Waals surface area contributed by atoms with Crippen LogP contribution >= 0.6 is 0 Å². The first-order valence-corrected chi connectivity index (χ1v) is 4.86. The van der Waals surface area contributed by atoms with Crippen LogP contribution in [0.25, 0.3) is 0 Å². The van der Waals surface area contributed by atoms with E-state index in [-0.39, 0.29) is 49.6 Å². The van der Waals surface area contributed by atoms with Crippen molar-refractivity contribution >= 4 is 71.3 Å². The van der Waals surface area contributed by atoms with Crippen LogP contribution in [0.1, 0.15) is 25.7 Å². The number of carbonyl (C=O) groups is 4. The zero-order valence-electron chi connectivity index (χ0n) is 8.59. The Morgan fingerprint density at radius 3 is 1.00 bits per heavy atom. The molecule has 0 aromatic carbocycles. The molecule has 17 heavy (non-hydrogen) atoms. The Balaban J connectivity index is -0.000000218. The predicted molar refractivity (Wildman–Crippen MR) is 59.0 cm³/mol. The van der Waals surface area contributed by atoms with Crippen LogP contribution in [0.15, 0.2) is 0 Å². The van der Waals surface area contributed by atoms with E-state index >= 15 is 0 Å². The van der Waals surface area contributed by atoms with Gasteiger partial charge in [0.05, 0.1) is 0 Å². The predicted octanol–water partition coefficient (Wildman–Crippen LogP) is -3.20. The summed E-state index contributed by atoms with van der Waals surface area (Å²) in [5, 5.41) is 18.1. The van der Waals surface area contributed by atoms with E-state index < -0.39 is 22.2 Å². The van der Waals surface area contributed by atoms with Crippen molar-refractivity contribution in [3.8, 4) is 0 Å². The molecular weight excluding hydrogens is 375 g/mol. The van der Waals surface area contributed by atoms with Crippen molar-refractivity contribution < 1.29 is 29.4 Å². The molecule has 0 amide bonds. The third-order valence-corrected chi connectivity index (χ3v) is 1.47. The molecule has 0 bridgehead atoms. The van der Waals surface area contributed by atoms with Crippen LogP contribution in [0.3, 0.4) is 0 Å². The largest absolute Gasteiger partial charge is 4.00 e. The van der Waals surface area contributed by atoms with Gasteiger partial charge in [0.25, 0.3) is 0 Å². The molecule has 92 valence electrons. The summed E-state index contributed by atoms with van der Waals surface area (Å²) in [4.78, 5) is 38.9. The fraction of sp³-hybridized carbons (Fsp3) is 0.500. The summed E-state index contributed by atoms with van der Waals surface area (Å²) in [6, 6.07) is 0. The average molecular weight is 383 g/mol. The van der Waals surface area contributed by atoms with Gasteiger partial charge in [-0.2, -0.15) is 0 Å². The number of carboxylic acid groups (broad SMARTS) is 2. The minimum absolute atomic E-state index is 0. The van der Waals surface area contributed by atoms with E-state index in [2.05, 4.69) is 25.3 Å². The second-order valence-electron chi connectivity index (χ2n) is 2.49. The molecule has 0 saturated carbocycles. The van der Waals surface area contributed by atoms with Crippen LogP contribution < -0.4 is 10.2 Å². The van der Waals surface area contributed by atoms with Gasteiger partial charge < -0.3 is 54.6 Å². The van der Waals surface area contributed by atoms with Gasteiger partial charge in [-0.1, -0.05) is 0 Å². The minimum Gasteiger partial charge on any atom is -0.742 e. The zero-order chi connectivity index (χ0) is 13.1. The summed E-state index contributed by atoms with van der Waals surface area (Å²) < 4.78 is 0. The first kappa shape index (κ1) is 21.8. The molecule has 0 atom stereocenters. The third-order valence-electron chi connectivity index (χ3n) is 1.07. The molecule has 0 rings (SSSR count). The van der Waals surface area contributed by atoms with Gasteiger partial charge in [-0.15, -0.1) is 0 Å². The summed E-state index contributed by atoms with van der Waals surface area (Å²) in [7, 11) is 0. The van der Waals surface area contributed by atoms with E-state index in [9.17, 15) is 29.4 Å². The normalized spacial score (nSPS) is 8.00. The van der Waals surface area contributed by atoms with Crippen LogP contribution in [-0.2, 0) is 44.4 Å². The van der Waals surface area contributed by atoms with Gasteiger partial charge in [0.2, 0.25) is 0 Å². The van der Waals surface area contributed by atoms with Crippen LogP contribution in [0.5, 0.6) is 0 Å². The topological polar surface area (TPSA) is 114 Å². The number of aliphatic carboxylic acids is 2. The van der Waals surface area contributed by atoms with Crippen molar-refractivity contribution in [2.24, 2.45) is 0 Å². The minimum atomic E-state index is -1.23. The van der Waals surface area contributed by atoms with E-state index in [1.165, 1.54) is 0 Å². The molecule has 0 N–H and O–H groups in total. The Kier molecular flexibility index (Phi) is 17.4.